The minimum Gasteiger partial charge on any atom is -0.505 e. The number of aromatic hydroxyl groups is 1. The predicted octanol–water partition coefficient (Wildman–Crippen LogP) is 2.94. The van der Waals surface area contributed by atoms with Gasteiger partial charge in [0.25, 0.3) is 0 Å². The van der Waals surface area contributed by atoms with Crippen LogP contribution in [0.1, 0.15) is 5.56 Å². The number of rotatable bonds is 2. The molecular formula is C7H6Cl3NO. The van der Waals surface area contributed by atoms with Crippen molar-refractivity contribution < 1.29 is 5.11 Å². The molecule has 0 amide bonds. The maximum absolute atomic E-state index is 9.18. The van der Waals surface area contributed by atoms with Gasteiger partial charge in [0.2, 0.25) is 0 Å². The van der Waals surface area contributed by atoms with Gasteiger partial charge in [-0.2, -0.15) is 0 Å². The van der Waals surface area contributed by atoms with Crippen LogP contribution in [0.2, 0.25) is 10.0 Å². The maximum Gasteiger partial charge on any atom is 0.152 e. The molecule has 0 saturated heterocycles. The summed E-state index contributed by atoms with van der Waals surface area (Å²) in [5.74, 6) is -0.100. The first-order chi connectivity index (χ1) is 5.65. The molecule has 0 aliphatic carbocycles. The Hall–Kier alpha value is -0.150. The molecule has 1 rings (SSSR count). The first-order valence-electron chi connectivity index (χ1n) is 3.15. The Balaban J connectivity index is 3.04. The SMILES string of the molecule is Oc1c(Cl)cc(CNCl)cc1Cl. The number of hydrogen-bond acceptors (Lipinski definition) is 2. The first kappa shape index (κ1) is 9.93. The highest BCUT2D eigenvalue weighted by atomic mass is 35.5. The zero-order valence-electron chi connectivity index (χ0n) is 5.94. The lowest BCUT2D eigenvalue weighted by Crippen LogP contribution is -1.97. The molecule has 0 bridgehead atoms. The van der Waals surface area contributed by atoms with Crippen molar-refractivity contribution in [2.24, 2.45) is 0 Å². The summed E-state index contributed by atoms with van der Waals surface area (Å²) >= 11 is 16.6. The fraction of sp³-hybridized carbons (Fsp3) is 0.143. The quantitative estimate of drug-likeness (QED) is 0.760. The smallest absolute Gasteiger partial charge is 0.152 e. The summed E-state index contributed by atoms with van der Waals surface area (Å²) in [4.78, 5) is 2.43. The van der Waals surface area contributed by atoms with Gasteiger partial charge in [-0.25, -0.2) is 4.84 Å². The van der Waals surface area contributed by atoms with Gasteiger partial charge >= 0.3 is 0 Å². The van der Waals surface area contributed by atoms with Crippen LogP contribution in [-0.4, -0.2) is 5.11 Å². The minimum atomic E-state index is -0.100. The standard InChI is InChI=1S/C7H6Cl3NO/c8-5-1-4(3-11-10)2-6(9)7(5)12/h1-2,11-12H,3H2. The third-order valence-electron chi connectivity index (χ3n) is 1.35. The van der Waals surface area contributed by atoms with Gasteiger partial charge in [0.15, 0.2) is 5.75 Å². The predicted molar refractivity (Wildman–Crippen MR) is 50.8 cm³/mol. The molecule has 0 radical (unpaired) electrons. The van der Waals surface area contributed by atoms with E-state index in [1.807, 2.05) is 0 Å². The molecule has 66 valence electrons. The average molecular weight is 226 g/mol. The normalized spacial score (nSPS) is 10.2. The molecule has 0 spiro atoms. The van der Waals surface area contributed by atoms with E-state index in [1.54, 1.807) is 12.1 Å². The molecule has 2 nitrogen and oxygen atoms in total. The van der Waals surface area contributed by atoms with Crippen LogP contribution in [0.3, 0.4) is 0 Å². The van der Waals surface area contributed by atoms with Crippen molar-refractivity contribution in [2.45, 2.75) is 6.54 Å². The van der Waals surface area contributed by atoms with Crippen LogP contribution in [0.25, 0.3) is 0 Å². The molecule has 1 aromatic rings. The highest BCUT2D eigenvalue weighted by Gasteiger charge is 2.05. The van der Waals surface area contributed by atoms with E-state index in [0.29, 0.717) is 6.54 Å². The Morgan fingerprint density at radius 3 is 2.17 bits per heavy atom. The Labute approximate surface area is 85.2 Å². The fourth-order valence-corrected chi connectivity index (χ4v) is 1.48. The monoisotopic (exact) mass is 225 g/mol. The topological polar surface area (TPSA) is 32.3 Å². The molecule has 0 aliphatic heterocycles. The van der Waals surface area contributed by atoms with Crippen LogP contribution in [0.15, 0.2) is 12.1 Å². The van der Waals surface area contributed by atoms with Crippen molar-refractivity contribution in [1.29, 1.82) is 0 Å². The molecule has 5 heteroatoms. The number of phenols is 1. The summed E-state index contributed by atoms with van der Waals surface area (Å²) in [6.07, 6.45) is 0. The molecule has 12 heavy (non-hydrogen) atoms. The minimum absolute atomic E-state index is 0.100. The number of hydrogen-bond donors (Lipinski definition) is 2. The third kappa shape index (κ3) is 2.17. The molecule has 0 fully saturated rings. The lowest BCUT2D eigenvalue weighted by atomic mass is 10.2. The summed E-state index contributed by atoms with van der Waals surface area (Å²) < 4.78 is 0. The van der Waals surface area contributed by atoms with Gasteiger partial charge in [-0.1, -0.05) is 23.2 Å². The van der Waals surface area contributed by atoms with Crippen molar-refractivity contribution in [2.75, 3.05) is 0 Å². The molecule has 1 aromatic carbocycles. The van der Waals surface area contributed by atoms with Crippen LogP contribution in [-0.2, 0) is 6.54 Å². The maximum atomic E-state index is 9.18. The van der Waals surface area contributed by atoms with Crippen LogP contribution in [0.5, 0.6) is 5.75 Å². The van der Waals surface area contributed by atoms with Crippen molar-refractivity contribution in [3.63, 3.8) is 0 Å². The number of nitrogens with one attached hydrogen (secondary N) is 1. The van der Waals surface area contributed by atoms with Gasteiger partial charge in [0, 0.05) is 6.54 Å². The van der Waals surface area contributed by atoms with E-state index >= 15 is 0 Å². The second kappa shape index (κ2) is 4.19. The zero-order valence-corrected chi connectivity index (χ0v) is 8.21. The Morgan fingerprint density at radius 2 is 1.75 bits per heavy atom. The van der Waals surface area contributed by atoms with E-state index in [-0.39, 0.29) is 15.8 Å². The van der Waals surface area contributed by atoms with E-state index in [1.165, 1.54) is 0 Å². The Kier molecular flexibility index (Phi) is 3.47. The van der Waals surface area contributed by atoms with Gasteiger partial charge in [-0.15, -0.1) is 0 Å². The second-order valence-electron chi connectivity index (χ2n) is 2.22. The van der Waals surface area contributed by atoms with Crippen molar-refractivity contribution in [3.05, 3.63) is 27.7 Å². The second-order valence-corrected chi connectivity index (χ2v) is 3.30. The summed E-state index contributed by atoms with van der Waals surface area (Å²) in [5.41, 5.74) is 0.817. The third-order valence-corrected chi connectivity index (χ3v) is 2.06. The molecular weight excluding hydrogens is 220 g/mol. The molecule has 0 heterocycles. The fourth-order valence-electron chi connectivity index (χ4n) is 0.797. The van der Waals surface area contributed by atoms with Crippen LogP contribution >= 0.6 is 35.0 Å². The van der Waals surface area contributed by atoms with Crippen LogP contribution in [0.4, 0.5) is 0 Å². The first-order valence-corrected chi connectivity index (χ1v) is 4.29. The van der Waals surface area contributed by atoms with Gasteiger partial charge in [-0.3, -0.25) is 0 Å². The summed E-state index contributed by atoms with van der Waals surface area (Å²) in [6, 6.07) is 3.19. The number of phenolic OH excluding ortho intramolecular Hbond substituents is 1. The van der Waals surface area contributed by atoms with Crippen molar-refractivity contribution in [1.82, 2.24) is 4.84 Å². The highest BCUT2D eigenvalue weighted by Crippen LogP contribution is 2.32. The molecule has 0 aliphatic rings. The van der Waals surface area contributed by atoms with E-state index in [9.17, 15) is 5.11 Å². The van der Waals surface area contributed by atoms with Gasteiger partial charge in [0.1, 0.15) is 0 Å². The van der Waals surface area contributed by atoms with Gasteiger partial charge in [0.05, 0.1) is 10.0 Å². The highest BCUT2D eigenvalue weighted by molar-refractivity contribution is 6.37. The lowest BCUT2D eigenvalue weighted by molar-refractivity contribution is 0.475. The largest absolute Gasteiger partial charge is 0.505 e. The van der Waals surface area contributed by atoms with E-state index in [0.717, 1.165) is 5.56 Å². The van der Waals surface area contributed by atoms with Crippen LogP contribution in [0, 0.1) is 0 Å². The molecule has 0 unspecified atom stereocenters. The Morgan fingerprint density at radius 1 is 1.25 bits per heavy atom. The van der Waals surface area contributed by atoms with Crippen molar-refractivity contribution in [3.8, 4) is 5.75 Å². The van der Waals surface area contributed by atoms with Gasteiger partial charge < -0.3 is 5.11 Å². The summed E-state index contributed by atoms with van der Waals surface area (Å²) in [7, 11) is 0. The average Bonchev–Trinajstić information content (AvgIpc) is 2.01. The van der Waals surface area contributed by atoms with E-state index in [2.05, 4.69) is 4.84 Å². The molecule has 0 atom stereocenters. The number of halogens is 3. The van der Waals surface area contributed by atoms with Crippen molar-refractivity contribution >= 4 is 35.0 Å². The Bertz CT molecular complexity index is 267. The molecule has 0 saturated carbocycles. The molecule has 0 aromatic heterocycles. The van der Waals surface area contributed by atoms with E-state index in [4.69, 9.17) is 35.0 Å². The van der Waals surface area contributed by atoms with E-state index < -0.39 is 0 Å². The molecule has 2 N–H and O–H groups in total. The zero-order chi connectivity index (χ0) is 9.14. The van der Waals surface area contributed by atoms with Gasteiger partial charge in [-0.05, 0) is 29.5 Å². The summed E-state index contributed by atoms with van der Waals surface area (Å²) in [5, 5.41) is 9.63. The number of benzene rings is 1. The lowest BCUT2D eigenvalue weighted by Gasteiger charge is -2.03. The summed E-state index contributed by atoms with van der Waals surface area (Å²) in [6.45, 7) is 0.446. The van der Waals surface area contributed by atoms with Crippen LogP contribution < -0.4 is 4.84 Å².